The zero-order chi connectivity index (χ0) is 39.3. The second kappa shape index (κ2) is 44.5. The maximum atomic E-state index is 12.7. The second-order valence-electron chi connectivity index (χ2n) is 14.2. The third-order valence-corrected chi connectivity index (χ3v) is 8.93. The molecule has 0 aliphatic heterocycles. The van der Waals surface area contributed by atoms with Crippen LogP contribution < -0.4 is 0 Å². The van der Waals surface area contributed by atoms with Gasteiger partial charge in [0.1, 0.15) is 6.61 Å². The van der Waals surface area contributed by atoms with E-state index >= 15 is 0 Å². The monoisotopic (exact) mass is 751 g/mol. The lowest BCUT2D eigenvalue weighted by molar-refractivity contribution is -0.163. The topological polar surface area (TPSA) is 61.8 Å². The zero-order valence-corrected chi connectivity index (χ0v) is 35.2. The van der Waals surface area contributed by atoms with Gasteiger partial charge in [0.25, 0.3) is 0 Å². The third-order valence-electron chi connectivity index (χ3n) is 8.93. The van der Waals surface area contributed by atoms with E-state index in [-0.39, 0.29) is 25.2 Å². The molecule has 0 fully saturated rings. The van der Waals surface area contributed by atoms with E-state index in [9.17, 15) is 9.59 Å². The normalized spacial score (nSPS) is 13.0. The number of unbranched alkanes of at least 4 members (excludes halogenated alkanes) is 14. The van der Waals surface area contributed by atoms with Crippen molar-refractivity contribution in [1.29, 1.82) is 0 Å². The summed E-state index contributed by atoms with van der Waals surface area (Å²) in [5, 5.41) is 0. The maximum Gasteiger partial charge on any atom is 0.306 e. The summed E-state index contributed by atoms with van der Waals surface area (Å²) in [6, 6.07) is 0. The number of rotatable bonds is 39. The van der Waals surface area contributed by atoms with E-state index in [0.717, 1.165) is 103 Å². The molecule has 0 aliphatic rings. The molecule has 0 aromatic rings. The highest BCUT2D eigenvalue weighted by molar-refractivity contribution is 5.70. The molecule has 0 amide bonds. The van der Waals surface area contributed by atoms with Gasteiger partial charge in [0, 0.05) is 19.4 Å². The lowest BCUT2D eigenvalue weighted by atomic mass is 10.1. The van der Waals surface area contributed by atoms with Gasteiger partial charge in [-0.25, -0.2) is 0 Å². The van der Waals surface area contributed by atoms with Crippen LogP contribution in [0.4, 0.5) is 0 Å². The predicted octanol–water partition coefficient (Wildman–Crippen LogP) is 14.6. The minimum absolute atomic E-state index is 0.0537. The molecule has 0 N–H and O–H groups in total. The highest BCUT2D eigenvalue weighted by Crippen LogP contribution is 2.12. The van der Waals surface area contributed by atoms with Gasteiger partial charge >= 0.3 is 11.9 Å². The summed E-state index contributed by atoms with van der Waals surface area (Å²) in [7, 11) is 0. The minimum Gasteiger partial charge on any atom is -0.462 e. The van der Waals surface area contributed by atoms with Crippen LogP contribution in [0.5, 0.6) is 0 Å². The fourth-order valence-electron chi connectivity index (χ4n) is 5.69. The fraction of sp³-hybridized carbons (Fsp3) is 0.673. The van der Waals surface area contributed by atoms with E-state index in [0.29, 0.717) is 19.4 Å². The number of hydrogen-bond acceptors (Lipinski definition) is 5. The molecule has 308 valence electrons. The number of ether oxygens (including phenoxy) is 3. The summed E-state index contributed by atoms with van der Waals surface area (Å²) in [5.74, 6) is -0.471. The molecule has 1 unspecified atom stereocenters. The summed E-state index contributed by atoms with van der Waals surface area (Å²) in [6.07, 6.45) is 57.2. The minimum atomic E-state index is -0.561. The van der Waals surface area contributed by atoms with E-state index in [1.54, 1.807) is 0 Å². The molecular formula is C49H82O5. The van der Waals surface area contributed by atoms with E-state index in [1.807, 2.05) is 0 Å². The molecule has 0 aliphatic carbocycles. The molecule has 5 heteroatoms. The van der Waals surface area contributed by atoms with Gasteiger partial charge in [-0.05, 0) is 89.9 Å². The van der Waals surface area contributed by atoms with Crippen LogP contribution >= 0.6 is 0 Å². The van der Waals surface area contributed by atoms with E-state index in [1.165, 1.54) is 51.4 Å². The Balaban J connectivity index is 4.32. The van der Waals surface area contributed by atoms with Crippen LogP contribution in [0.15, 0.2) is 85.1 Å². The Morgan fingerprint density at radius 1 is 0.426 bits per heavy atom. The Morgan fingerprint density at radius 2 is 0.833 bits per heavy atom. The first-order valence-electron chi connectivity index (χ1n) is 22.1. The zero-order valence-electron chi connectivity index (χ0n) is 35.2. The first-order valence-corrected chi connectivity index (χ1v) is 22.1. The average Bonchev–Trinajstić information content (AvgIpc) is 3.17. The van der Waals surface area contributed by atoms with Crippen molar-refractivity contribution in [2.75, 3.05) is 19.8 Å². The van der Waals surface area contributed by atoms with Gasteiger partial charge in [0.2, 0.25) is 0 Å². The van der Waals surface area contributed by atoms with Crippen molar-refractivity contribution in [2.24, 2.45) is 0 Å². The number of esters is 2. The first kappa shape index (κ1) is 51.1. The molecule has 0 radical (unpaired) electrons. The quantitative estimate of drug-likeness (QED) is 0.0356. The van der Waals surface area contributed by atoms with E-state index < -0.39 is 6.10 Å². The lowest BCUT2D eigenvalue weighted by Crippen LogP contribution is -2.30. The van der Waals surface area contributed by atoms with Gasteiger partial charge in [0.15, 0.2) is 6.10 Å². The Bertz CT molecular complexity index is 1030. The first-order chi connectivity index (χ1) is 26.6. The molecule has 1 atom stereocenters. The summed E-state index contributed by atoms with van der Waals surface area (Å²) >= 11 is 0. The molecule has 0 heterocycles. The van der Waals surface area contributed by atoms with Crippen LogP contribution in [0.3, 0.4) is 0 Å². The van der Waals surface area contributed by atoms with Gasteiger partial charge in [-0.15, -0.1) is 0 Å². The Kier molecular flexibility index (Phi) is 42.1. The van der Waals surface area contributed by atoms with Crippen molar-refractivity contribution in [1.82, 2.24) is 0 Å². The molecule has 0 aromatic heterocycles. The van der Waals surface area contributed by atoms with Gasteiger partial charge in [-0.2, -0.15) is 0 Å². The summed E-state index contributed by atoms with van der Waals surface area (Å²) < 4.78 is 17.2. The lowest BCUT2D eigenvalue weighted by Gasteiger charge is -2.18. The van der Waals surface area contributed by atoms with Gasteiger partial charge in [-0.3, -0.25) is 9.59 Å². The Labute approximate surface area is 333 Å². The molecule has 0 bridgehead atoms. The largest absolute Gasteiger partial charge is 0.462 e. The summed E-state index contributed by atoms with van der Waals surface area (Å²) in [5.41, 5.74) is 0. The van der Waals surface area contributed by atoms with Crippen molar-refractivity contribution < 1.29 is 23.8 Å². The molecule has 0 saturated carbocycles. The molecule has 54 heavy (non-hydrogen) atoms. The smallest absolute Gasteiger partial charge is 0.306 e. The van der Waals surface area contributed by atoms with E-state index in [2.05, 4.69) is 106 Å². The van der Waals surface area contributed by atoms with Gasteiger partial charge in [0.05, 0.1) is 6.61 Å². The highest BCUT2D eigenvalue weighted by atomic mass is 16.6. The Morgan fingerprint density at radius 3 is 1.37 bits per heavy atom. The summed E-state index contributed by atoms with van der Waals surface area (Å²) in [6.45, 7) is 7.50. The van der Waals surface area contributed by atoms with Crippen LogP contribution in [-0.4, -0.2) is 37.9 Å². The van der Waals surface area contributed by atoms with Crippen LogP contribution in [-0.2, 0) is 23.8 Å². The molecule has 5 nitrogen and oxygen atoms in total. The number of carbonyl (C=O) groups excluding carboxylic acids is 2. The van der Waals surface area contributed by atoms with Crippen molar-refractivity contribution in [3.63, 3.8) is 0 Å². The third kappa shape index (κ3) is 41.8. The highest BCUT2D eigenvalue weighted by Gasteiger charge is 2.17. The van der Waals surface area contributed by atoms with Crippen LogP contribution in [0, 0.1) is 0 Å². The van der Waals surface area contributed by atoms with Gasteiger partial charge < -0.3 is 14.2 Å². The number of allylic oxidation sites excluding steroid dienone is 14. The molecular weight excluding hydrogens is 669 g/mol. The van der Waals surface area contributed by atoms with Crippen LogP contribution in [0.1, 0.15) is 188 Å². The van der Waals surface area contributed by atoms with Crippen LogP contribution in [0.25, 0.3) is 0 Å². The average molecular weight is 751 g/mol. The molecule has 0 rings (SSSR count). The molecule has 0 aromatic carbocycles. The number of hydrogen-bond donors (Lipinski definition) is 0. The number of carbonyl (C=O) groups is 2. The van der Waals surface area contributed by atoms with Gasteiger partial charge in [-0.1, -0.05) is 170 Å². The van der Waals surface area contributed by atoms with Crippen molar-refractivity contribution in [2.45, 2.75) is 194 Å². The fourth-order valence-corrected chi connectivity index (χ4v) is 5.69. The Hall–Kier alpha value is -2.92. The predicted molar refractivity (Wildman–Crippen MR) is 233 cm³/mol. The van der Waals surface area contributed by atoms with E-state index in [4.69, 9.17) is 14.2 Å². The molecule has 0 spiro atoms. The molecule has 0 saturated heterocycles. The second-order valence-corrected chi connectivity index (χ2v) is 14.2. The SMILES string of the molecule is CC/C=C\C/C=C\C/C=C\C/C=C\CCCCC(=O)OCC(COCCCCCCCCCC)OC(=O)CCCCCCC/C=C\C/C=C\C/C=C\CC. The maximum absolute atomic E-state index is 12.7. The standard InChI is InChI=1S/C49H82O5/c1-4-7-10-13-16-19-21-23-25-27-29-31-33-36-39-42-48(50)53-46-47(45-52-44-41-38-35-18-15-12-9-6-3)54-49(51)43-40-37-34-32-30-28-26-24-22-20-17-14-11-8-5-2/h7-8,10-11,16-17,19-20,23-26,29,31,47H,4-6,9,12-15,18,21-22,27-28,30,32-46H2,1-3H3/b10-7-,11-8-,19-16-,20-17-,25-23-,26-24-,31-29-. The van der Waals surface area contributed by atoms with Crippen molar-refractivity contribution in [3.05, 3.63) is 85.1 Å². The summed E-state index contributed by atoms with van der Waals surface area (Å²) in [4.78, 5) is 25.2. The van der Waals surface area contributed by atoms with Crippen LogP contribution in [0.2, 0.25) is 0 Å². The van der Waals surface area contributed by atoms with Crippen molar-refractivity contribution in [3.8, 4) is 0 Å². The van der Waals surface area contributed by atoms with Crippen molar-refractivity contribution >= 4 is 11.9 Å².